The van der Waals surface area contributed by atoms with E-state index in [1.54, 1.807) is 7.05 Å². The number of nitrogens with zero attached hydrogens (tertiary/aromatic N) is 3. The predicted molar refractivity (Wildman–Crippen MR) is 134 cm³/mol. The summed E-state index contributed by atoms with van der Waals surface area (Å²) in [5.41, 5.74) is 4.73. The number of hydrogen-bond donors (Lipinski definition) is 2. The summed E-state index contributed by atoms with van der Waals surface area (Å²) in [7, 11) is 1.79. The molecule has 8 heteroatoms. The molecule has 0 spiro atoms. The Morgan fingerprint density at radius 3 is 2.41 bits per heavy atom. The zero-order chi connectivity index (χ0) is 19.8. The number of benzene rings is 1. The summed E-state index contributed by atoms with van der Waals surface area (Å²) in [5, 5.41) is 10.9. The summed E-state index contributed by atoms with van der Waals surface area (Å²) in [5.74, 6) is 4.17. The SMILES string of the molecule is CCc1noc(CC)c1CNC(=NC)NCc1ccc(N2CCSCC2)cc1.I. The van der Waals surface area contributed by atoms with Gasteiger partial charge < -0.3 is 20.1 Å². The largest absolute Gasteiger partial charge is 0.370 e. The molecule has 1 aliphatic heterocycles. The number of guanidine groups is 1. The smallest absolute Gasteiger partial charge is 0.191 e. The van der Waals surface area contributed by atoms with Gasteiger partial charge >= 0.3 is 0 Å². The molecule has 0 aliphatic carbocycles. The molecule has 3 rings (SSSR count). The Kier molecular flexibility index (Phi) is 10.1. The van der Waals surface area contributed by atoms with E-state index in [4.69, 9.17) is 4.52 Å². The first-order valence-corrected chi connectivity index (χ1v) is 11.2. The Balaban J connectivity index is 0.00000300. The van der Waals surface area contributed by atoms with E-state index in [1.165, 1.54) is 22.8 Å². The molecule has 1 aromatic heterocycles. The van der Waals surface area contributed by atoms with Gasteiger partial charge in [0, 0.05) is 62.4 Å². The van der Waals surface area contributed by atoms with Gasteiger partial charge in [0.1, 0.15) is 5.76 Å². The monoisotopic (exact) mass is 529 g/mol. The molecule has 0 amide bonds. The van der Waals surface area contributed by atoms with Crippen molar-refractivity contribution in [3.8, 4) is 0 Å². The molecule has 0 bridgehead atoms. The van der Waals surface area contributed by atoms with Crippen LogP contribution in [0.4, 0.5) is 5.69 Å². The molecule has 6 nitrogen and oxygen atoms in total. The highest BCUT2D eigenvalue weighted by Gasteiger charge is 2.14. The summed E-state index contributed by atoms with van der Waals surface area (Å²) in [6.45, 7) is 7.87. The maximum Gasteiger partial charge on any atom is 0.191 e. The van der Waals surface area contributed by atoms with Crippen LogP contribution >= 0.6 is 35.7 Å². The summed E-state index contributed by atoms with van der Waals surface area (Å²) < 4.78 is 5.44. The van der Waals surface area contributed by atoms with Crippen molar-refractivity contribution >= 4 is 47.4 Å². The van der Waals surface area contributed by atoms with Crippen molar-refractivity contribution in [2.75, 3.05) is 36.5 Å². The molecule has 1 fully saturated rings. The van der Waals surface area contributed by atoms with E-state index in [0.29, 0.717) is 6.54 Å². The van der Waals surface area contributed by atoms with E-state index in [0.717, 1.165) is 55.5 Å². The molecule has 2 N–H and O–H groups in total. The Hall–Kier alpha value is -1.42. The van der Waals surface area contributed by atoms with Crippen LogP contribution in [0.1, 0.15) is 36.4 Å². The van der Waals surface area contributed by atoms with Gasteiger partial charge in [-0.1, -0.05) is 31.1 Å². The van der Waals surface area contributed by atoms with Crippen LogP contribution < -0.4 is 15.5 Å². The van der Waals surface area contributed by atoms with Crippen LogP contribution in [0.25, 0.3) is 0 Å². The quantitative estimate of drug-likeness (QED) is 0.323. The first-order chi connectivity index (χ1) is 13.7. The average Bonchev–Trinajstić information content (AvgIpc) is 3.17. The van der Waals surface area contributed by atoms with Crippen LogP contribution in [0.2, 0.25) is 0 Å². The lowest BCUT2D eigenvalue weighted by Crippen LogP contribution is -2.36. The molecule has 0 atom stereocenters. The highest BCUT2D eigenvalue weighted by atomic mass is 127. The molecule has 1 aliphatic rings. The molecule has 160 valence electrons. The maximum absolute atomic E-state index is 5.44. The Labute approximate surface area is 195 Å². The van der Waals surface area contributed by atoms with E-state index in [9.17, 15) is 0 Å². The number of nitrogens with one attached hydrogen (secondary N) is 2. The molecule has 29 heavy (non-hydrogen) atoms. The van der Waals surface area contributed by atoms with Gasteiger partial charge in [0.25, 0.3) is 0 Å². The standard InChI is InChI=1S/C21H31N5OS.HI/c1-4-19-18(20(5-2)27-25-19)15-24-21(22-3)23-14-16-6-8-17(9-7-16)26-10-12-28-13-11-26;/h6-9H,4-5,10-15H2,1-3H3,(H2,22,23,24);1H. The third-order valence-corrected chi connectivity index (χ3v) is 5.98. The topological polar surface area (TPSA) is 65.7 Å². The fraction of sp³-hybridized carbons (Fsp3) is 0.524. The molecule has 0 saturated carbocycles. The lowest BCUT2D eigenvalue weighted by Gasteiger charge is -2.28. The van der Waals surface area contributed by atoms with Crippen LogP contribution in [0.5, 0.6) is 0 Å². The number of halogens is 1. The van der Waals surface area contributed by atoms with Gasteiger partial charge in [-0.2, -0.15) is 11.8 Å². The van der Waals surface area contributed by atoms with Crippen LogP contribution in [0, 0.1) is 0 Å². The number of aromatic nitrogens is 1. The summed E-state index contributed by atoms with van der Waals surface area (Å²) in [6, 6.07) is 8.84. The Bertz CT molecular complexity index is 750. The summed E-state index contributed by atoms with van der Waals surface area (Å²) in [6.07, 6.45) is 1.71. The predicted octanol–water partition coefficient (Wildman–Crippen LogP) is 3.84. The first-order valence-electron chi connectivity index (χ1n) is 10.1. The molecule has 2 aromatic rings. The van der Waals surface area contributed by atoms with E-state index in [2.05, 4.69) is 63.8 Å². The Morgan fingerprint density at radius 2 is 1.79 bits per heavy atom. The minimum atomic E-state index is 0. The van der Waals surface area contributed by atoms with E-state index in [-0.39, 0.29) is 24.0 Å². The molecular weight excluding hydrogens is 497 g/mol. The molecular formula is C21H32IN5OS. The maximum atomic E-state index is 5.44. The van der Waals surface area contributed by atoms with Gasteiger partial charge in [0.2, 0.25) is 0 Å². The lowest BCUT2D eigenvalue weighted by molar-refractivity contribution is 0.380. The number of aryl methyl sites for hydroxylation is 2. The fourth-order valence-electron chi connectivity index (χ4n) is 3.36. The first kappa shape index (κ1) is 23.9. The summed E-state index contributed by atoms with van der Waals surface area (Å²) >= 11 is 2.04. The van der Waals surface area contributed by atoms with Gasteiger partial charge in [0.05, 0.1) is 5.69 Å². The number of aliphatic imine (C=N–C) groups is 1. The van der Waals surface area contributed by atoms with Gasteiger partial charge in [-0.15, -0.1) is 24.0 Å². The second kappa shape index (κ2) is 12.3. The van der Waals surface area contributed by atoms with E-state index >= 15 is 0 Å². The van der Waals surface area contributed by atoms with Gasteiger partial charge in [0.15, 0.2) is 5.96 Å². The van der Waals surface area contributed by atoms with Crippen molar-refractivity contribution in [2.45, 2.75) is 39.8 Å². The minimum absolute atomic E-state index is 0. The molecule has 0 unspecified atom stereocenters. The zero-order valence-electron chi connectivity index (χ0n) is 17.5. The van der Waals surface area contributed by atoms with Crippen molar-refractivity contribution in [3.63, 3.8) is 0 Å². The van der Waals surface area contributed by atoms with Gasteiger partial charge in [-0.05, 0) is 24.1 Å². The van der Waals surface area contributed by atoms with Gasteiger partial charge in [-0.25, -0.2) is 0 Å². The average molecular weight is 529 g/mol. The third kappa shape index (κ3) is 6.53. The van der Waals surface area contributed by atoms with Crippen molar-refractivity contribution in [2.24, 2.45) is 4.99 Å². The number of hydrogen-bond acceptors (Lipinski definition) is 5. The normalized spacial score (nSPS) is 14.4. The fourth-order valence-corrected chi connectivity index (χ4v) is 4.27. The zero-order valence-corrected chi connectivity index (χ0v) is 20.7. The van der Waals surface area contributed by atoms with Crippen LogP contribution in [0.15, 0.2) is 33.8 Å². The lowest BCUT2D eigenvalue weighted by atomic mass is 10.1. The van der Waals surface area contributed by atoms with Gasteiger partial charge in [-0.3, -0.25) is 4.99 Å². The highest BCUT2D eigenvalue weighted by molar-refractivity contribution is 14.0. The molecule has 2 heterocycles. The van der Waals surface area contributed by atoms with E-state index in [1.807, 2.05) is 11.8 Å². The number of thioether (sulfide) groups is 1. The number of anilines is 1. The number of rotatable bonds is 7. The molecule has 1 saturated heterocycles. The Morgan fingerprint density at radius 1 is 1.10 bits per heavy atom. The third-order valence-electron chi connectivity index (χ3n) is 5.04. The summed E-state index contributed by atoms with van der Waals surface area (Å²) in [4.78, 5) is 6.80. The van der Waals surface area contributed by atoms with Crippen LogP contribution in [0.3, 0.4) is 0 Å². The molecule has 0 radical (unpaired) electrons. The van der Waals surface area contributed by atoms with Crippen LogP contribution in [-0.4, -0.2) is 42.8 Å². The van der Waals surface area contributed by atoms with Crippen LogP contribution in [-0.2, 0) is 25.9 Å². The second-order valence-electron chi connectivity index (χ2n) is 6.78. The molecule has 1 aromatic carbocycles. The van der Waals surface area contributed by atoms with Crippen molar-refractivity contribution < 1.29 is 4.52 Å². The van der Waals surface area contributed by atoms with Crippen molar-refractivity contribution in [3.05, 3.63) is 46.8 Å². The second-order valence-corrected chi connectivity index (χ2v) is 8.01. The highest BCUT2D eigenvalue weighted by Crippen LogP contribution is 2.20. The van der Waals surface area contributed by atoms with E-state index < -0.39 is 0 Å². The minimum Gasteiger partial charge on any atom is -0.370 e. The van der Waals surface area contributed by atoms with Crippen molar-refractivity contribution in [1.29, 1.82) is 0 Å². The van der Waals surface area contributed by atoms with Crippen molar-refractivity contribution in [1.82, 2.24) is 15.8 Å².